The molecule has 34 heavy (non-hydrogen) atoms. The molecule has 1 aromatic carbocycles. The van der Waals surface area contributed by atoms with Crippen molar-refractivity contribution in [3.63, 3.8) is 0 Å². The number of carbonyl (C=O) groups excluding carboxylic acids is 1. The van der Waals surface area contributed by atoms with Crippen molar-refractivity contribution < 1.29 is 13.7 Å². The van der Waals surface area contributed by atoms with Crippen LogP contribution in [0, 0.1) is 12.7 Å². The Balaban J connectivity index is 1.27. The third-order valence-corrected chi connectivity index (χ3v) is 6.48. The minimum absolute atomic E-state index is 0.181. The van der Waals surface area contributed by atoms with Gasteiger partial charge in [0.15, 0.2) is 5.69 Å². The van der Waals surface area contributed by atoms with E-state index in [0.29, 0.717) is 50.1 Å². The molecular formula is C23H21FN6O3S. The molecule has 3 aromatic heterocycles. The van der Waals surface area contributed by atoms with E-state index in [9.17, 15) is 14.0 Å². The van der Waals surface area contributed by atoms with Gasteiger partial charge in [0.1, 0.15) is 11.5 Å². The fraction of sp³-hybridized carbons (Fsp3) is 0.261. The van der Waals surface area contributed by atoms with E-state index < -0.39 is 17.2 Å². The largest absolute Gasteiger partial charge is 0.338 e. The molecule has 0 radical (unpaired) electrons. The zero-order valence-corrected chi connectivity index (χ0v) is 19.2. The van der Waals surface area contributed by atoms with Crippen LogP contribution < -0.4 is 5.43 Å². The highest BCUT2D eigenvalue weighted by molar-refractivity contribution is 7.13. The molecule has 0 spiro atoms. The number of nitrogens with zero attached hydrogens (tertiary/aromatic N) is 6. The molecule has 4 aromatic rings. The lowest BCUT2D eigenvalue weighted by Crippen LogP contribution is -2.49. The van der Waals surface area contributed by atoms with Crippen molar-refractivity contribution in [2.75, 3.05) is 26.2 Å². The van der Waals surface area contributed by atoms with Crippen LogP contribution in [0.4, 0.5) is 4.39 Å². The second-order valence-electron chi connectivity index (χ2n) is 7.92. The summed E-state index contributed by atoms with van der Waals surface area (Å²) in [6, 6.07) is 11.3. The van der Waals surface area contributed by atoms with Crippen LogP contribution in [-0.2, 0) is 6.54 Å². The van der Waals surface area contributed by atoms with Crippen LogP contribution in [0.5, 0.6) is 0 Å². The second-order valence-corrected chi connectivity index (χ2v) is 8.87. The number of carbonyl (C=O) groups is 1. The Morgan fingerprint density at radius 3 is 2.68 bits per heavy atom. The Labute approximate surface area is 198 Å². The predicted molar refractivity (Wildman–Crippen MR) is 123 cm³/mol. The van der Waals surface area contributed by atoms with E-state index >= 15 is 0 Å². The van der Waals surface area contributed by atoms with E-state index in [0.717, 1.165) is 4.88 Å². The van der Waals surface area contributed by atoms with E-state index in [1.807, 2.05) is 17.5 Å². The highest BCUT2D eigenvalue weighted by Crippen LogP contribution is 2.22. The lowest BCUT2D eigenvalue weighted by molar-refractivity contribution is 0.0606. The summed E-state index contributed by atoms with van der Waals surface area (Å²) in [5.41, 5.74) is -0.0810. The molecule has 9 nitrogen and oxygen atoms in total. The maximum Gasteiger partial charge on any atom is 0.278 e. The fourth-order valence-corrected chi connectivity index (χ4v) is 4.49. The van der Waals surface area contributed by atoms with Crippen LogP contribution in [-0.4, -0.2) is 61.8 Å². The zero-order valence-electron chi connectivity index (χ0n) is 18.3. The molecular weight excluding hydrogens is 459 g/mol. The van der Waals surface area contributed by atoms with Crippen LogP contribution in [0.15, 0.2) is 57.2 Å². The SMILES string of the molecule is Cc1cc(=O)c(C(=O)N2CCN(Cc3nc(-c4cccs4)no3)CC2)nn1-c1ccccc1F. The van der Waals surface area contributed by atoms with Gasteiger partial charge in [-0.1, -0.05) is 23.4 Å². The van der Waals surface area contributed by atoms with Gasteiger partial charge >= 0.3 is 0 Å². The average molecular weight is 481 g/mol. The average Bonchev–Trinajstić information content (AvgIpc) is 3.52. The minimum atomic E-state index is -0.489. The van der Waals surface area contributed by atoms with Crippen LogP contribution >= 0.6 is 11.3 Å². The fourth-order valence-electron chi connectivity index (χ4n) is 3.84. The van der Waals surface area contributed by atoms with Gasteiger partial charge in [-0.2, -0.15) is 10.1 Å². The van der Waals surface area contributed by atoms with Gasteiger partial charge in [0.25, 0.3) is 5.91 Å². The molecule has 1 amide bonds. The molecule has 1 aliphatic rings. The molecule has 11 heteroatoms. The highest BCUT2D eigenvalue weighted by atomic mass is 32.1. The first-order chi connectivity index (χ1) is 16.5. The van der Waals surface area contributed by atoms with E-state index in [2.05, 4.69) is 20.1 Å². The Kier molecular flexibility index (Phi) is 6.03. The topological polar surface area (TPSA) is 97.4 Å². The van der Waals surface area contributed by atoms with Crippen LogP contribution in [0.25, 0.3) is 16.4 Å². The van der Waals surface area contributed by atoms with Gasteiger partial charge in [-0.05, 0) is 30.5 Å². The van der Waals surface area contributed by atoms with Crippen molar-refractivity contribution in [2.45, 2.75) is 13.5 Å². The lowest BCUT2D eigenvalue weighted by atomic mass is 10.2. The number of aromatic nitrogens is 4. The second kappa shape index (κ2) is 9.27. The smallest absolute Gasteiger partial charge is 0.278 e. The first kappa shape index (κ1) is 22.1. The van der Waals surface area contributed by atoms with Crippen LogP contribution in [0.2, 0.25) is 0 Å². The van der Waals surface area contributed by atoms with Gasteiger partial charge in [-0.3, -0.25) is 14.5 Å². The summed E-state index contributed by atoms with van der Waals surface area (Å²) in [5, 5.41) is 10.2. The van der Waals surface area contributed by atoms with Crippen molar-refractivity contribution in [2.24, 2.45) is 0 Å². The number of halogens is 1. The summed E-state index contributed by atoms with van der Waals surface area (Å²) < 4.78 is 20.9. The molecule has 4 heterocycles. The molecule has 1 aliphatic heterocycles. The normalized spacial score (nSPS) is 14.5. The number of benzene rings is 1. The number of hydrogen-bond acceptors (Lipinski definition) is 8. The molecule has 5 rings (SSSR count). The molecule has 1 saturated heterocycles. The summed E-state index contributed by atoms with van der Waals surface area (Å²) in [6.07, 6.45) is 0. The minimum Gasteiger partial charge on any atom is -0.338 e. The number of rotatable bonds is 5. The van der Waals surface area contributed by atoms with Gasteiger partial charge in [-0.25, -0.2) is 9.07 Å². The van der Waals surface area contributed by atoms with E-state index in [-0.39, 0.29) is 11.4 Å². The molecule has 1 fully saturated rings. The number of piperazine rings is 1. The van der Waals surface area contributed by atoms with Gasteiger partial charge in [-0.15, -0.1) is 11.3 Å². The van der Waals surface area contributed by atoms with Crippen molar-refractivity contribution in [1.82, 2.24) is 29.7 Å². The van der Waals surface area contributed by atoms with E-state index in [1.165, 1.54) is 16.8 Å². The number of hydrogen-bond donors (Lipinski definition) is 0. The summed E-state index contributed by atoms with van der Waals surface area (Å²) >= 11 is 1.54. The van der Waals surface area contributed by atoms with Crippen molar-refractivity contribution in [3.8, 4) is 16.4 Å². The summed E-state index contributed by atoms with van der Waals surface area (Å²) in [6.45, 7) is 4.11. The van der Waals surface area contributed by atoms with E-state index in [4.69, 9.17) is 4.52 Å². The molecule has 0 bridgehead atoms. The molecule has 0 N–H and O–H groups in total. The highest BCUT2D eigenvalue weighted by Gasteiger charge is 2.27. The molecule has 0 aliphatic carbocycles. The first-order valence-electron chi connectivity index (χ1n) is 10.7. The van der Waals surface area contributed by atoms with Crippen molar-refractivity contribution in [3.05, 3.63) is 81.2 Å². The van der Waals surface area contributed by atoms with Gasteiger partial charge < -0.3 is 9.42 Å². The molecule has 0 unspecified atom stereocenters. The number of thiophene rings is 1. The standard InChI is InChI=1S/C23H21FN6O3S/c1-15-13-18(31)21(26-30(15)17-6-3-2-5-16(17)24)23(32)29-10-8-28(9-11-29)14-20-25-22(27-33-20)19-7-4-12-34-19/h2-7,12-13H,8-11,14H2,1H3. The monoisotopic (exact) mass is 480 g/mol. The number of amides is 1. The van der Waals surface area contributed by atoms with Crippen molar-refractivity contribution >= 4 is 17.2 Å². The van der Waals surface area contributed by atoms with Crippen molar-refractivity contribution in [1.29, 1.82) is 0 Å². The Bertz CT molecular complexity index is 1380. The lowest BCUT2D eigenvalue weighted by Gasteiger charge is -2.33. The quantitative estimate of drug-likeness (QED) is 0.433. The Morgan fingerprint density at radius 1 is 1.15 bits per heavy atom. The molecule has 0 saturated carbocycles. The summed E-state index contributed by atoms with van der Waals surface area (Å²) in [4.78, 5) is 34.7. The molecule has 174 valence electrons. The number of para-hydroxylation sites is 1. The zero-order chi connectivity index (χ0) is 23.7. The Hall–Kier alpha value is -3.70. The first-order valence-corrected chi connectivity index (χ1v) is 11.6. The maximum atomic E-state index is 14.3. The van der Waals surface area contributed by atoms with Crippen LogP contribution in [0.1, 0.15) is 22.1 Å². The molecule has 0 atom stereocenters. The Morgan fingerprint density at radius 2 is 1.94 bits per heavy atom. The van der Waals surface area contributed by atoms with Gasteiger partial charge in [0.05, 0.1) is 11.4 Å². The van der Waals surface area contributed by atoms with E-state index in [1.54, 1.807) is 41.4 Å². The summed E-state index contributed by atoms with van der Waals surface area (Å²) in [5.74, 6) is 0.121. The predicted octanol–water partition coefficient (Wildman–Crippen LogP) is 2.75. The maximum absolute atomic E-state index is 14.3. The van der Waals surface area contributed by atoms with Gasteiger partial charge in [0.2, 0.25) is 17.1 Å². The van der Waals surface area contributed by atoms with Gasteiger partial charge in [0, 0.05) is 37.9 Å². The summed E-state index contributed by atoms with van der Waals surface area (Å²) in [7, 11) is 0. The van der Waals surface area contributed by atoms with Crippen LogP contribution in [0.3, 0.4) is 0 Å². The third-order valence-electron chi connectivity index (χ3n) is 5.62. The number of aryl methyl sites for hydroxylation is 1. The third kappa shape index (κ3) is 4.39.